The van der Waals surface area contributed by atoms with Crippen LogP contribution in [0.15, 0.2) is 17.8 Å². The zero-order valence-corrected chi connectivity index (χ0v) is 12.2. The second-order valence-corrected chi connectivity index (χ2v) is 5.86. The average molecular weight is 264 g/mol. The molecule has 1 saturated carbocycles. The highest BCUT2D eigenvalue weighted by Gasteiger charge is 2.39. The molecule has 0 unspecified atom stereocenters. The van der Waals surface area contributed by atoms with E-state index in [0.717, 1.165) is 6.42 Å². The van der Waals surface area contributed by atoms with E-state index >= 15 is 0 Å². The van der Waals surface area contributed by atoms with E-state index in [0.29, 0.717) is 37.3 Å². The van der Waals surface area contributed by atoms with Crippen LogP contribution in [-0.2, 0) is 9.63 Å². The summed E-state index contributed by atoms with van der Waals surface area (Å²) < 4.78 is 0. The molecule has 1 atom stereocenters. The highest BCUT2D eigenvalue weighted by atomic mass is 16.6. The number of carbonyl (C=O) groups is 1. The van der Waals surface area contributed by atoms with Crippen LogP contribution in [0.1, 0.15) is 46.5 Å². The summed E-state index contributed by atoms with van der Waals surface area (Å²) in [7, 11) is 0. The van der Waals surface area contributed by atoms with Gasteiger partial charge in [-0.2, -0.15) is 0 Å². The van der Waals surface area contributed by atoms with Crippen LogP contribution in [0, 0.1) is 16.7 Å². The number of ketones is 1. The van der Waals surface area contributed by atoms with E-state index < -0.39 is 5.92 Å². The zero-order valence-electron chi connectivity index (χ0n) is 12.2. The van der Waals surface area contributed by atoms with E-state index in [1.807, 2.05) is 20.8 Å². The lowest BCUT2D eigenvalue weighted by Gasteiger charge is -2.34. The second kappa shape index (κ2) is 6.64. The van der Waals surface area contributed by atoms with Crippen molar-refractivity contribution >= 4 is 17.2 Å². The summed E-state index contributed by atoms with van der Waals surface area (Å²) in [6.45, 7) is 9.98. The number of nitrogens with one attached hydrogen (secondary N) is 1. The Morgan fingerprint density at radius 3 is 2.79 bits per heavy atom. The summed E-state index contributed by atoms with van der Waals surface area (Å²) in [5, 5.41) is 12.2. The molecule has 4 nitrogen and oxygen atoms in total. The second-order valence-electron chi connectivity index (χ2n) is 5.86. The fourth-order valence-corrected chi connectivity index (χ4v) is 2.51. The van der Waals surface area contributed by atoms with Gasteiger partial charge in [0, 0.05) is 12.1 Å². The molecule has 1 aliphatic rings. The largest absolute Gasteiger partial charge is 0.392 e. The third-order valence-electron chi connectivity index (χ3n) is 3.21. The fourth-order valence-electron chi connectivity index (χ4n) is 2.51. The summed E-state index contributed by atoms with van der Waals surface area (Å²) in [6, 6.07) is 0. The normalized spacial score (nSPS) is 23.3. The summed E-state index contributed by atoms with van der Waals surface area (Å²) in [5.41, 5.74) is 1.05. The van der Waals surface area contributed by atoms with Crippen molar-refractivity contribution in [2.75, 3.05) is 6.61 Å². The topological polar surface area (TPSA) is 62.5 Å². The van der Waals surface area contributed by atoms with Crippen LogP contribution in [0.2, 0.25) is 0 Å². The summed E-state index contributed by atoms with van der Waals surface area (Å²) in [5.74, 6) is -0.381. The van der Waals surface area contributed by atoms with Crippen molar-refractivity contribution in [1.82, 2.24) is 0 Å². The number of nitrogens with zero attached hydrogens (tertiary/aromatic N) is 1. The van der Waals surface area contributed by atoms with E-state index in [1.165, 1.54) is 0 Å². The number of carbonyl (C=O) groups excluding carboxylic acids is 1. The van der Waals surface area contributed by atoms with Gasteiger partial charge in [-0.15, -0.1) is 0 Å². The predicted octanol–water partition coefficient (Wildman–Crippen LogP) is 3.37. The van der Waals surface area contributed by atoms with Crippen LogP contribution < -0.4 is 0 Å². The van der Waals surface area contributed by atoms with Gasteiger partial charge in [0.2, 0.25) is 0 Å². The van der Waals surface area contributed by atoms with Crippen molar-refractivity contribution in [3.8, 4) is 0 Å². The Kier molecular flexibility index (Phi) is 5.45. The molecule has 1 aliphatic carbocycles. The molecule has 1 N–H and O–H groups in total. The van der Waals surface area contributed by atoms with Gasteiger partial charge in [0.15, 0.2) is 0 Å². The van der Waals surface area contributed by atoms with Crippen LogP contribution in [0.5, 0.6) is 0 Å². The monoisotopic (exact) mass is 264 g/mol. The van der Waals surface area contributed by atoms with E-state index in [9.17, 15) is 4.79 Å². The lowest BCUT2D eigenvalue weighted by molar-refractivity contribution is -0.122. The predicted molar refractivity (Wildman–Crippen MR) is 77.7 cm³/mol. The van der Waals surface area contributed by atoms with Crippen molar-refractivity contribution in [3.63, 3.8) is 0 Å². The minimum absolute atomic E-state index is 0.0932. The Morgan fingerprint density at radius 2 is 2.26 bits per heavy atom. The molecule has 0 heterocycles. The van der Waals surface area contributed by atoms with Crippen molar-refractivity contribution in [2.45, 2.75) is 46.5 Å². The van der Waals surface area contributed by atoms with Gasteiger partial charge >= 0.3 is 0 Å². The van der Waals surface area contributed by atoms with Gasteiger partial charge in [-0.3, -0.25) is 4.79 Å². The van der Waals surface area contributed by atoms with Crippen molar-refractivity contribution in [3.05, 3.63) is 12.7 Å². The van der Waals surface area contributed by atoms with Crippen LogP contribution >= 0.6 is 0 Å². The minimum atomic E-state index is -0.474. The van der Waals surface area contributed by atoms with Gasteiger partial charge in [0.1, 0.15) is 12.4 Å². The van der Waals surface area contributed by atoms with Crippen LogP contribution in [-0.4, -0.2) is 23.8 Å². The molecule has 4 heteroatoms. The molecule has 0 aromatic rings. The Morgan fingerprint density at radius 1 is 1.58 bits per heavy atom. The SMILES string of the molecule is C=CCO/N=C(\CCC)[C@H]1C(=N)CC(C)(C)CC1=O. The molecule has 106 valence electrons. The average Bonchev–Trinajstić information content (AvgIpc) is 2.26. The Hall–Kier alpha value is -1.45. The van der Waals surface area contributed by atoms with E-state index in [4.69, 9.17) is 10.2 Å². The summed E-state index contributed by atoms with van der Waals surface area (Å²) in [6.07, 6.45) is 4.34. The van der Waals surface area contributed by atoms with Crippen LogP contribution in [0.3, 0.4) is 0 Å². The van der Waals surface area contributed by atoms with Crippen molar-refractivity contribution in [1.29, 1.82) is 5.41 Å². The van der Waals surface area contributed by atoms with Crippen LogP contribution in [0.4, 0.5) is 0 Å². The molecule has 1 rings (SSSR count). The van der Waals surface area contributed by atoms with Gasteiger partial charge < -0.3 is 10.2 Å². The highest BCUT2D eigenvalue weighted by Crippen LogP contribution is 2.35. The molecule has 0 bridgehead atoms. The van der Waals surface area contributed by atoms with Gasteiger partial charge in [0.05, 0.1) is 11.6 Å². The number of hydrogen-bond donors (Lipinski definition) is 1. The lowest BCUT2D eigenvalue weighted by atomic mass is 9.69. The fraction of sp³-hybridized carbons (Fsp3) is 0.667. The minimum Gasteiger partial charge on any atom is -0.392 e. The van der Waals surface area contributed by atoms with E-state index in [2.05, 4.69) is 11.7 Å². The maximum atomic E-state index is 12.3. The van der Waals surface area contributed by atoms with Crippen molar-refractivity contribution in [2.24, 2.45) is 16.5 Å². The number of hydrogen-bond acceptors (Lipinski definition) is 4. The van der Waals surface area contributed by atoms with Gasteiger partial charge in [-0.25, -0.2) is 0 Å². The summed E-state index contributed by atoms with van der Waals surface area (Å²) in [4.78, 5) is 17.4. The smallest absolute Gasteiger partial charge is 0.147 e. The van der Waals surface area contributed by atoms with Gasteiger partial charge in [-0.05, 0) is 18.3 Å². The van der Waals surface area contributed by atoms with E-state index in [1.54, 1.807) is 6.08 Å². The van der Waals surface area contributed by atoms with E-state index in [-0.39, 0.29) is 11.2 Å². The standard InChI is InChI=1S/C15H24N2O2/c1-5-7-12(17-19-8-6-2)14-11(16)9-15(3,4)10-13(14)18/h6,14,16H,2,5,7-10H2,1,3-4H3/b16-11?,17-12+/t14-/m1/s1. The first-order valence-electron chi connectivity index (χ1n) is 6.81. The first-order valence-corrected chi connectivity index (χ1v) is 6.81. The third kappa shape index (κ3) is 4.30. The Labute approximate surface area is 115 Å². The molecule has 19 heavy (non-hydrogen) atoms. The van der Waals surface area contributed by atoms with Gasteiger partial charge in [-0.1, -0.05) is 45.0 Å². The molecule has 1 fully saturated rings. The molecule has 0 aromatic carbocycles. The number of Topliss-reactive ketones (excluding diaryl/α,β-unsaturated/α-hetero) is 1. The molecule has 0 aromatic heterocycles. The Balaban J connectivity index is 2.89. The number of oxime groups is 1. The van der Waals surface area contributed by atoms with Crippen molar-refractivity contribution < 1.29 is 9.63 Å². The molecule has 0 amide bonds. The van der Waals surface area contributed by atoms with Gasteiger partial charge in [0.25, 0.3) is 0 Å². The third-order valence-corrected chi connectivity index (χ3v) is 3.21. The Bertz CT molecular complexity index is 377. The maximum Gasteiger partial charge on any atom is 0.147 e. The molecule has 0 aliphatic heterocycles. The maximum absolute atomic E-state index is 12.3. The highest BCUT2D eigenvalue weighted by molar-refractivity contribution is 6.23. The number of rotatable bonds is 6. The molecular formula is C15H24N2O2. The summed E-state index contributed by atoms with van der Waals surface area (Å²) >= 11 is 0. The molecule has 0 saturated heterocycles. The van der Waals surface area contributed by atoms with Crippen LogP contribution in [0.25, 0.3) is 0 Å². The lowest BCUT2D eigenvalue weighted by Crippen LogP contribution is -2.41. The first kappa shape index (κ1) is 15.6. The molecule has 0 spiro atoms. The quantitative estimate of drug-likeness (QED) is 0.346. The molecule has 0 radical (unpaired) electrons. The first-order chi connectivity index (χ1) is 8.91. The zero-order chi connectivity index (χ0) is 14.5. The molecular weight excluding hydrogens is 240 g/mol.